The van der Waals surface area contributed by atoms with Crippen molar-refractivity contribution in [3.05, 3.63) is 66.1 Å². The number of carbonyl (C=O) groups excluding carboxylic acids is 3. The van der Waals surface area contributed by atoms with E-state index >= 15 is 0 Å². The van der Waals surface area contributed by atoms with Gasteiger partial charge in [-0.05, 0) is 63.8 Å². The molecule has 2 aromatic carbocycles. The lowest BCUT2D eigenvalue weighted by molar-refractivity contribution is -0.145. The first-order valence-corrected chi connectivity index (χ1v) is 22.5. The van der Waals surface area contributed by atoms with Crippen LogP contribution in [0.4, 0.5) is 10.8 Å². The molecule has 1 saturated heterocycles. The normalized spacial score (nSPS) is 23.7. The first-order valence-electron chi connectivity index (χ1n) is 20.2. The van der Waals surface area contributed by atoms with Crippen molar-refractivity contribution in [1.29, 1.82) is 0 Å². The highest BCUT2D eigenvalue weighted by Crippen LogP contribution is 2.46. The fraction of sp³-hybridized carbons (Fsp3) is 0.465. The third-order valence-corrected chi connectivity index (χ3v) is 13.0. The number of ether oxygens (including phenoxy) is 2. The molecule has 1 saturated carbocycles. The molecule has 2 aromatic heterocycles. The van der Waals surface area contributed by atoms with Crippen LogP contribution in [0.3, 0.4) is 0 Å². The fourth-order valence-corrected chi connectivity index (χ4v) is 9.73. The first-order chi connectivity index (χ1) is 28.1. The third kappa shape index (κ3) is 9.18. The zero-order chi connectivity index (χ0) is 42.1. The van der Waals surface area contributed by atoms with E-state index in [1.807, 2.05) is 55.6 Å². The van der Waals surface area contributed by atoms with E-state index in [1.54, 1.807) is 46.1 Å². The molecule has 3 amide bonds. The number of rotatable bonds is 8. The number of thiazole rings is 1. The summed E-state index contributed by atoms with van der Waals surface area (Å²) in [6, 6.07) is 13.0. The Morgan fingerprint density at radius 3 is 2.61 bits per heavy atom. The summed E-state index contributed by atoms with van der Waals surface area (Å²) in [6.07, 6.45) is 7.08. The highest BCUT2D eigenvalue weighted by Gasteiger charge is 2.62. The standard InChI is InChI=1S/C43H53N7O7S2/c1-26(2)45-41-47-34(25-58-41)33-22-36(30-18-17-28(56-6)20-32(30)46-33)57-29-21-35(50(24-29)40(53)42(3,4)5)38(51)48-43-23-27(43)14-10-8-7-9-13-19-44-31-15-11-12-16-37(31)59(54,55)49-39(43)52/h10-12,14-18,20,22,25-27,29,35,44H,7-9,13,19,21,23-24H2,1-6H3,(H,45,47)(H,48,51)(H,49,52)/b14-10-/t27-,29+,35-,43+/m0/s1. The number of benzene rings is 2. The number of methoxy groups -OCH3 is 1. The van der Waals surface area contributed by atoms with E-state index in [1.165, 1.54) is 22.3 Å². The smallest absolute Gasteiger partial charge is 0.266 e. The van der Waals surface area contributed by atoms with Crippen LogP contribution in [0, 0.1) is 11.3 Å². The molecule has 0 bridgehead atoms. The Labute approximate surface area is 349 Å². The Balaban J connectivity index is 1.18. The van der Waals surface area contributed by atoms with E-state index in [4.69, 9.17) is 19.4 Å². The van der Waals surface area contributed by atoms with E-state index in [0.717, 1.165) is 30.8 Å². The number of fused-ring (bicyclic) bond motifs is 3. The molecule has 16 heteroatoms. The molecule has 4 aromatic rings. The number of nitrogens with one attached hydrogen (secondary N) is 4. The lowest BCUT2D eigenvalue weighted by Gasteiger charge is -2.31. The molecule has 4 heterocycles. The number of allylic oxidation sites excluding steroid dienone is 1. The molecule has 4 N–H and O–H groups in total. The summed E-state index contributed by atoms with van der Waals surface area (Å²) in [4.78, 5) is 53.9. The van der Waals surface area contributed by atoms with Crippen LogP contribution in [-0.4, -0.2) is 84.9 Å². The van der Waals surface area contributed by atoms with Crippen LogP contribution in [0.5, 0.6) is 11.5 Å². The number of hydrogen-bond donors (Lipinski definition) is 4. The molecular weight excluding hydrogens is 791 g/mol. The van der Waals surface area contributed by atoms with Gasteiger partial charge in [0, 0.05) is 53.2 Å². The van der Waals surface area contributed by atoms with Gasteiger partial charge in [0.25, 0.3) is 15.9 Å². The lowest BCUT2D eigenvalue weighted by atomic mass is 9.94. The molecule has 1 aliphatic carbocycles. The van der Waals surface area contributed by atoms with Gasteiger partial charge in [0.15, 0.2) is 5.13 Å². The molecule has 0 spiro atoms. The van der Waals surface area contributed by atoms with Crippen LogP contribution in [-0.2, 0) is 24.4 Å². The van der Waals surface area contributed by atoms with Crippen molar-refractivity contribution in [2.75, 3.05) is 30.8 Å². The number of para-hydroxylation sites is 1. The first kappa shape index (κ1) is 41.9. The number of amides is 3. The predicted molar refractivity (Wildman–Crippen MR) is 229 cm³/mol. The minimum Gasteiger partial charge on any atom is -0.497 e. The Kier molecular flexibility index (Phi) is 11.9. The van der Waals surface area contributed by atoms with Gasteiger partial charge < -0.3 is 30.3 Å². The van der Waals surface area contributed by atoms with Crippen LogP contribution in [0.25, 0.3) is 22.3 Å². The molecule has 7 rings (SSSR count). The summed E-state index contributed by atoms with van der Waals surface area (Å²) in [5.74, 6) is -0.975. The van der Waals surface area contributed by atoms with Crippen LogP contribution in [0.2, 0.25) is 0 Å². The number of carbonyl (C=O) groups is 3. The van der Waals surface area contributed by atoms with E-state index in [9.17, 15) is 22.8 Å². The Morgan fingerprint density at radius 2 is 1.85 bits per heavy atom. The predicted octanol–water partition coefficient (Wildman–Crippen LogP) is 6.50. The van der Waals surface area contributed by atoms with Crippen molar-refractivity contribution in [1.82, 2.24) is 24.9 Å². The Bertz CT molecular complexity index is 2370. The average Bonchev–Trinajstić information content (AvgIpc) is 3.45. The van der Waals surface area contributed by atoms with Gasteiger partial charge in [-0.15, -0.1) is 11.3 Å². The van der Waals surface area contributed by atoms with Crippen molar-refractivity contribution in [2.24, 2.45) is 11.3 Å². The SMILES string of the molecule is COc1ccc2c(O[C@@H]3C[C@@H](C(=O)N[C@]45C[C@@H]4/C=C\CCCCCNc4ccccc4S(=O)(=O)NC5=O)N(C(=O)C(C)(C)C)C3)cc(-c3csc(NC(C)C)n3)nc2c1. The lowest BCUT2D eigenvalue weighted by Crippen LogP contribution is -2.57. The second kappa shape index (κ2) is 16.8. The maximum Gasteiger partial charge on any atom is 0.266 e. The van der Waals surface area contributed by atoms with Crippen LogP contribution in [0.15, 0.2) is 71.0 Å². The highest BCUT2D eigenvalue weighted by molar-refractivity contribution is 7.90. The van der Waals surface area contributed by atoms with Crippen molar-refractivity contribution in [2.45, 2.75) is 102 Å². The van der Waals surface area contributed by atoms with Gasteiger partial charge in [-0.2, -0.15) is 0 Å². The van der Waals surface area contributed by atoms with Gasteiger partial charge in [0.1, 0.15) is 39.8 Å². The van der Waals surface area contributed by atoms with Crippen LogP contribution < -0.4 is 30.1 Å². The second-order valence-electron chi connectivity index (χ2n) is 16.8. The number of anilines is 2. The number of sulfonamides is 1. The van der Waals surface area contributed by atoms with E-state index in [0.29, 0.717) is 46.0 Å². The molecule has 2 aliphatic heterocycles. The largest absolute Gasteiger partial charge is 0.497 e. The van der Waals surface area contributed by atoms with Gasteiger partial charge in [0.05, 0.1) is 30.6 Å². The summed E-state index contributed by atoms with van der Waals surface area (Å²) >= 11 is 1.47. The van der Waals surface area contributed by atoms with E-state index in [-0.39, 0.29) is 36.2 Å². The van der Waals surface area contributed by atoms with E-state index < -0.39 is 50.9 Å². The quantitative estimate of drug-likeness (QED) is 0.142. The summed E-state index contributed by atoms with van der Waals surface area (Å²) in [5, 5.41) is 12.9. The molecular formula is C43H53N7O7S2. The molecule has 59 heavy (non-hydrogen) atoms. The van der Waals surface area contributed by atoms with Crippen molar-refractivity contribution < 1.29 is 32.3 Å². The van der Waals surface area contributed by atoms with Crippen molar-refractivity contribution >= 4 is 60.8 Å². The number of nitrogens with zero attached hydrogens (tertiary/aromatic N) is 3. The maximum absolute atomic E-state index is 14.6. The zero-order valence-electron chi connectivity index (χ0n) is 34.3. The molecule has 4 atom stereocenters. The zero-order valence-corrected chi connectivity index (χ0v) is 36.0. The van der Waals surface area contributed by atoms with Gasteiger partial charge >= 0.3 is 0 Å². The monoisotopic (exact) mass is 843 g/mol. The minimum absolute atomic E-state index is 0.0529. The maximum atomic E-state index is 14.6. The third-order valence-electron chi connectivity index (χ3n) is 10.8. The van der Waals surface area contributed by atoms with Crippen LogP contribution >= 0.6 is 11.3 Å². The number of likely N-dealkylation sites (tertiary alicyclic amines) is 1. The Morgan fingerprint density at radius 1 is 1.05 bits per heavy atom. The number of aromatic nitrogens is 2. The number of hydrogen-bond acceptors (Lipinski definition) is 12. The molecule has 2 fully saturated rings. The van der Waals surface area contributed by atoms with Crippen LogP contribution in [0.1, 0.15) is 73.1 Å². The van der Waals surface area contributed by atoms with Gasteiger partial charge in [-0.1, -0.05) is 51.5 Å². The minimum atomic E-state index is -4.33. The van der Waals surface area contributed by atoms with Gasteiger partial charge in [-0.3, -0.25) is 14.4 Å². The average molecular weight is 844 g/mol. The summed E-state index contributed by atoms with van der Waals surface area (Å²) in [7, 11) is -2.74. The molecule has 0 radical (unpaired) electrons. The summed E-state index contributed by atoms with van der Waals surface area (Å²) in [5.41, 5.74) is -0.121. The van der Waals surface area contributed by atoms with E-state index in [2.05, 4.69) is 20.7 Å². The summed E-state index contributed by atoms with van der Waals surface area (Å²) in [6.45, 7) is 10.1. The Hall–Kier alpha value is -5.22. The highest BCUT2D eigenvalue weighted by atomic mass is 32.2. The summed E-state index contributed by atoms with van der Waals surface area (Å²) < 4.78 is 42.0. The molecule has 14 nitrogen and oxygen atoms in total. The van der Waals surface area contributed by atoms with Crippen molar-refractivity contribution in [3.63, 3.8) is 0 Å². The fourth-order valence-electron chi connectivity index (χ4n) is 7.65. The number of pyridine rings is 1. The van der Waals surface area contributed by atoms with Gasteiger partial charge in [-0.25, -0.2) is 23.1 Å². The molecule has 0 unspecified atom stereocenters. The molecule has 3 aliphatic rings. The second-order valence-corrected chi connectivity index (χ2v) is 19.3. The topological polar surface area (TPSA) is 181 Å². The van der Waals surface area contributed by atoms with Crippen molar-refractivity contribution in [3.8, 4) is 22.9 Å². The molecule has 314 valence electrons. The van der Waals surface area contributed by atoms with Gasteiger partial charge in [0.2, 0.25) is 11.8 Å².